The molecule has 1 N–H and O–H groups in total. The molecule has 1 saturated heterocycles. The average molecular weight is 546 g/mol. The molecule has 2 amide bonds. The highest BCUT2D eigenvalue weighted by molar-refractivity contribution is 6.35. The molecule has 5 nitrogen and oxygen atoms in total. The zero-order chi connectivity index (χ0) is 26.6. The van der Waals surface area contributed by atoms with Gasteiger partial charge in [0.15, 0.2) is 5.54 Å². The standard InChI is InChI=1S/C31H29Cl2N3O2/c1-3-19-8-10-20(11-9-19)24-17-36-27(37)18-35(15-14-21-12-13-22(32)16-25(21)33)30(38)31(36,2)29-28(24)23-6-4-5-7-26(23)34-29/h4-13,16,24,34H,3,14-15,17-18H2,1-2H3. The van der Waals surface area contributed by atoms with Gasteiger partial charge in [-0.3, -0.25) is 9.59 Å². The zero-order valence-corrected chi connectivity index (χ0v) is 22.9. The maximum atomic E-state index is 14.2. The van der Waals surface area contributed by atoms with Gasteiger partial charge in [0, 0.05) is 40.0 Å². The van der Waals surface area contributed by atoms with Crippen molar-refractivity contribution >= 4 is 45.9 Å². The van der Waals surface area contributed by atoms with E-state index in [1.165, 1.54) is 5.56 Å². The number of hydrogen-bond acceptors (Lipinski definition) is 2. The number of carbonyl (C=O) groups excluding carboxylic acids is 2. The number of para-hydroxylation sites is 1. The topological polar surface area (TPSA) is 56.4 Å². The van der Waals surface area contributed by atoms with E-state index < -0.39 is 5.54 Å². The number of nitrogens with zero attached hydrogens (tertiary/aromatic N) is 2. The molecule has 2 aliphatic rings. The minimum atomic E-state index is -1.12. The molecule has 0 aliphatic carbocycles. The fourth-order valence-corrected chi connectivity index (χ4v) is 6.62. The number of aryl methyl sites for hydroxylation is 1. The van der Waals surface area contributed by atoms with Gasteiger partial charge in [-0.1, -0.05) is 78.7 Å². The molecule has 0 spiro atoms. The van der Waals surface area contributed by atoms with Crippen molar-refractivity contribution < 1.29 is 9.59 Å². The van der Waals surface area contributed by atoms with Crippen molar-refractivity contribution in [2.45, 2.75) is 38.1 Å². The third-order valence-electron chi connectivity index (χ3n) is 8.27. The summed E-state index contributed by atoms with van der Waals surface area (Å²) in [6.45, 7) is 4.94. The number of benzene rings is 3. The van der Waals surface area contributed by atoms with Crippen LogP contribution in [0.5, 0.6) is 0 Å². The highest BCUT2D eigenvalue weighted by atomic mass is 35.5. The Hall–Kier alpha value is -3.28. The number of nitrogens with one attached hydrogen (secondary N) is 1. The van der Waals surface area contributed by atoms with Crippen molar-refractivity contribution in [1.29, 1.82) is 0 Å². The lowest BCUT2D eigenvalue weighted by Crippen LogP contribution is -2.67. The van der Waals surface area contributed by atoms with Crippen LogP contribution in [0.15, 0.2) is 66.7 Å². The van der Waals surface area contributed by atoms with Crippen LogP contribution in [0.4, 0.5) is 0 Å². The smallest absolute Gasteiger partial charge is 0.254 e. The molecule has 194 valence electrons. The summed E-state index contributed by atoms with van der Waals surface area (Å²) in [4.78, 5) is 34.9. The first-order chi connectivity index (χ1) is 18.3. The quantitative estimate of drug-likeness (QED) is 0.319. The maximum absolute atomic E-state index is 14.2. The SMILES string of the molecule is CCc1ccc(C2CN3C(=O)CN(CCc4ccc(Cl)cc4Cl)C(=O)C3(C)c3[nH]c4ccccc4c32)cc1. The first-order valence-corrected chi connectivity index (χ1v) is 13.8. The molecular formula is C31H29Cl2N3O2. The van der Waals surface area contributed by atoms with E-state index >= 15 is 0 Å². The minimum absolute atomic E-state index is 0.0312. The summed E-state index contributed by atoms with van der Waals surface area (Å²) < 4.78 is 0. The summed E-state index contributed by atoms with van der Waals surface area (Å²) in [5.41, 5.74) is 5.09. The Morgan fingerprint density at radius 2 is 1.79 bits per heavy atom. The molecule has 7 heteroatoms. The van der Waals surface area contributed by atoms with Crippen molar-refractivity contribution in [3.63, 3.8) is 0 Å². The lowest BCUT2D eigenvalue weighted by atomic mass is 9.76. The first kappa shape index (κ1) is 25.0. The van der Waals surface area contributed by atoms with E-state index in [4.69, 9.17) is 23.2 Å². The maximum Gasteiger partial charge on any atom is 0.254 e. The minimum Gasteiger partial charge on any atom is -0.356 e. The molecule has 2 unspecified atom stereocenters. The Kier molecular flexibility index (Phi) is 6.24. The average Bonchev–Trinajstić information content (AvgIpc) is 3.32. The van der Waals surface area contributed by atoms with Crippen molar-refractivity contribution in [3.8, 4) is 0 Å². The molecule has 1 aromatic heterocycles. The monoisotopic (exact) mass is 545 g/mol. The van der Waals surface area contributed by atoms with Crippen LogP contribution in [0.2, 0.25) is 10.0 Å². The van der Waals surface area contributed by atoms with Gasteiger partial charge in [0.25, 0.3) is 5.91 Å². The molecule has 3 heterocycles. The zero-order valence-electron chi connectivity index (χ0n) is 21.4. The highest BCUT2D eigenvalue weighted by Gasteiger charge is 2.56. The lowest BCUT2D eigenvalue weighted by molar-refractivity contribution is -0.166. The number of aromatic amines is 1. The molecule has 3 aromatic carbocycles. The van der Waals surface area contributed by atoms with Crippen LogP contribution in [0, 0.1) is 0 Å². The van der Waals surface area contributed by atoms with Gasteiger partial charge in [-0.15, -0.1) is 0 Å². The fraction of sp³-hybridized carbons (Fsp3) is 0.290. The van der Waals surface area contributed by atoms with Gasteiger partial charge >= 0.3 is 0 Å². The Morgan fingerprint density at radius 1 is 1.03 bits per heavy atom. The Morgan fingerprint density at radius 3 is 2.53 bits per heavy atom. The normalized spacial score (nSPS) is 21.1. The molecule has 2 aliphatic heterocycles. The summed E-state index contributed by atoms with van der Waals surface area (Å²) in [5.74, 6) is -0.153. The molecule has 0 radical (unpaired) electrons. The van der Waals surface area contributed by atoms with Crippen LogP contribution in [-0.2, 0) is 28.0 Å². The van der Waals surface area contributed by atoms with Crippen LogP contribution in [-0.4, -0.2) is 46.2 Å². The van der Waals surface area contributed by atoms with E-state index in [1.807, 2.05) is 31.2 Å². The molecule has 6 rings (SSSR count). The fourth-order valence-electron chi connectivity index (χ4n) is 6.12. The Balaban J connectivity index is 1.42. The van der Waals surface area contributed by atoms with Crippen molar-refractivity contribution in [1.82, 2.24) is 14.8 Å². The number of H-pyrrole nitrogens is 1. The first-order valence-electron chi connectivity index (χ1n) is 13.0. The largest absolute Gasteiger partial charge is 0.356 e. The molecule has 2 atom stereocenters. The molecular weight excluding hydrogens is 517 g/mol. The second-order valence-corrected chi connectivity index (χ2v) is 11.2. The van der Waals surface area contributed by atoms with Gasteiger partial charge in [-0.05, 0) is 60.2 Å². The van der Waals surface area contributed by atoms with E-state index in [1.54, 1.807) is 21.9 Å². The van der Waals surface area contributed by atoms with Crippen molar-refractivity contribution in [2.24, 2.45) is 0 Å². The van der Waals surface area contributed by atoms with Gasteiger partial charge in [0.1, 0.15) is 0 Å². The number of halogens is 2. The summed E-state index contributed by atoms with van der Waals surface area (Å²) >= 11 is 12.4. The van der Waals surface area contributed by atoms with Gasteiger partial charge in [0.05, 0.1) is 12.2 Å². The molecule has 1 fully saturated rings. The van der Waals surface area contributed by atoms with Gasteiger partial charge in [0.2, 0.25) is 5.91 Å². The Bertz CT molecular complexity index is 1560. The summed E-state index contributed by atoms with van der Waals surface area (Å²) in [7, 11) is 0. The van der Waals surface area contributed by atoms with E-state index in [2.05, 4.69) is 42.2 Å². The van der Waals surface area contributed by atoms with Gasteiger partial charge in [-0.25, -0.2) is 0 Å². The van der Waals surface area contributed by atoms with Crippen LogP contribution in [0.1, 0.15) is 47.7 Å². The molecule has 4 aromatic rings. The number of rotatable bonds is 5. The number of hydrogen-bond donors (Lipinski definition) is 1. The van der Waals surface area contributed by atoms with Crippen LogP contribution in [0.3, 0.4) is 0 Å². The number of piperazine rings is 1. The molecule has 0 bridgehead atoms. The summed E-state index contributed by atoms with van der Waals surface area (Å²) in [6.07, 6.45) is 1.51. The van der Waals surface area contributed by atoms with Crippen LogP contribution in [0.25, 0.3) is 10.9 Å². The predicted octanol–water partition coefficient (Wildman–Crippen LogP) is 6.31. The third kappa shape index (κ3) is 3.91. The van der Waals surface area contributed by atoms with Crippen molar-refractivity contribution in [3.05, 3.63) is 105 Å². The van der Waals surface area contributed by atoms with Crippen molar-refractivity contribution in [2.75, 3.05) is 19.6 Å². The lowest BCUT2D eigenvalue weighted by Gasteiger charge is -2.51. The van der Waals surface area contributed by atoms with Crippen LogP contribution < -0.4 is 0 Å². The predicted molar refractivity (Wildman–Crippen MR) is 152 cm³/mol. The van der Waals surface area contributed by atoms with Gasteiger partial charge in [-0.2, -0.15) is 0 Å². The third-order valence-corrected chi connectivity index (χ3v) is 8.86. The van der Waals surface area contributed by atoms with E-state index in [0.717, 1.165) is 39.7 Å². The second kappa shape index (κ2) is 9.48. The number of aromatic nitrogens is 1. The van der Waals surface area contributed by atoms with E-state index in [-0.39, 0.29) is 24.3 Å². The molecule has 38 heavy (non-hydrogen) atoms. The van der Waals surface area contributed by atoms with E-state index in [9.17, 15) is 9.59 Å². The highest BCUT2D eigenvalue weighted by Crippen LogP contribution is 2.48. The Labute approximate surface area is 232 Å². The van der Waals surface area contributed by atoms with Crippen LogP contribution >= 0.6 is 23.2 Å². The summed E-state index contributed by atoms with van der Waals surface area (Å²) in [5, 5.41) is 2.23. The summed E-state index contributed by atoms with van der Waals surface area (Å²) in [6, 6.07) is 22.2. The number of carbonyl (C=O) groups is 2. The number of amides is 2. The van der Waals surface area contributed by atoms with Gasteiger partial charge < -0.3 is 14.8 Å². The van der Waals surface area contributed by atoms with E-state index in [0.29, 0.717) is 29.6 Å². The second-order valence-electron chi connectivity index (χ2n) is 10.4. The number of fused-ring (bicyclic) bond motifs is 5. The molecule has 0 saturated carbocycles.